The molecule has 0 radical (unpaired) electrons. The van der Waals surface area contributed by atoms with Gasteiger partial charge in [0.05, 0.1) is 6.61 Å². The highest BCUT2D eigenvalue weighted by Gasteiger charge is 2.38. The van der Waals surface area contributed by atoms with Crippen LogP contribution in [0.25, 0.3) is 0 Å². The number of pyridine rings is 1. The summed E-state index contributed by atoms with van der Waals surface area (Å²) in [6.45, 7) is 9.30. The van der Waals surface area contributed by atoms with Crippen LogP contribution in [0.4, 0.5) is 0 Å². The van der Waals surface area contributed by atoms with Gasteiger partial charge in [0.15, 0.2) is 0 Å². The molecule has 1 aliphatic rings. The van der Waals surface area contributed by atoms with E-state index in [0.717, 1.165) is 32.8 Å². The van der Waals surface area contributed by atoms with E-state index in [2.05, 4.69) is 40.6 Å². The third-order valence-electron chi connectivity index (χ3n) is 5.15. The number of likely N-dealkylation sites (tertiary alicyclic amines) is 1. The molecule has 0 aliphatic carbocycles. The predicted molar refractivity (Wildman–Crippen MR) is 100 cm³/mol. The van der Waals surface area contributed by atoms with Crippen molar-refractivity contribution in [2.24, 2.45) is 5.41 Å². The molecule has 2 aromatic rings. The van der Waals surface area contributed by atoms with Gasteiger partial charge in [-0.25, -0.2) is 0 Å². The van der Waals surface area contributed by atoms with Gasteiger partial charge in [-0.2, -0.15) is 11.3 Å². The monoisotopic (exact) mass is 344 g/mol. The van der Waals surface area contributed by atoms with Crippen LogP contribution in [-0.4, -0.2) is 36.2 Å². The highest BCUT2D eigenvalue weighted by atomic mass is 32.1. The second-order valence-corrected chi connectivity index (χ2v) is 7.78. The minimum absolute atomic E-state index is 0.298. The van der Waals surface area contributed by atoms with Gasteiger partial charge in [0, 0.05) is 37.5 Å². The maximum absolute atomic E-state index is 5.88. The molecule has 0 amide bonds. The molecule has 130 valence electrons. The van der Waals surface area contributed by atoms with Gasteiger partial charge in [0.25, 0.3) is 0 Å². The van der Waals surface area contributed by atoms with Crippen molar-refractivity contribution in [3.8, 4) is 0 Å². The first-order valence-electron chi connectivity index (χ1n) is 8.91. The third-order valence-corrected chi connectivity index (χ3v) is 6.06. The molecule has 3 nitrogen and oxygen atoms in total. The molecular formula is C20H28N2OS. The minimum atomic E-state index is 0.298. The van der Waals surface area contributed by atoms with Crippen LogP contribution in [0.5, 0.6) is 0 Å². The highest BCUT2D eigenvalue weighted by molar-refractivity contribution is 7.08. The van der Waals surface area contributed by atoms with Gasteiger partial charge in [-0.05, 0) is 73.2 Å². The summed E-state index contributed by atoms with van der Waals surface area (Å²) in [7, 11) is 0. The molecule has 0 N–H and O–H groups in total. The first-order valence-corrected chi connectivity index (χ1v) is 9.86. The van der Waals surface area contributed by atoms with Crippen molar-refractivity contribution in [3.63, 3.8) is 0 Å². The smallest absolute Gasteiger partial charge is 0.0535 e. The summed E-state index contributed by atoms with van der Waals surface area (Å²) in [6, 6.07) is 4.20. The van der Waals surface area contributed by atoms with Crippen LogP contribution in [0, 0.1) is 12.3 Å². The van der Waals surface area contributed by atoms with Gasteiger partial charge in [-0.15, -0.1) is 0 Å². The molecule has 1 aliphatic heterocycles. The topological polar surface area (TPSA) is 25.4 Å². The number of hydrogen-bond donors (Lipinski definition) is 0. The van der Waals surface area contributed by atoms with Crippen molar-refractivity contribution in [2.45, 2.75) is 39.7 Å². The van der Waals surface area contributed by atoms with Gasteiger partial charge in [-0.1, -0.05) is 6.07 Å². The second-order valence-electron chi connectivity index (χ2n) is 7.04. The molecule has 3 heterocycles. The minimum Gasteiger partial charge on any atom is -0.381 e. The van der Waals surface area contributed by atoms with E-state index < -0.39 is 0 Å². The van der Waals surface area contributed by atoms with E-state index in [1.165, 1.54) is 36.0 Å². The normalized spacial score (nSPS) is 21.4. The summed E-state index contributed by atoms with van der Waals surface area (Å²) in [5.74, 6) is 0. The van der Waals surface area contributed by atoms with Crippen LogP contribution < -0.4 is 0 Å². The second kappa shape index (κ2) is 8.24. The van der Waals surface area contributed by atoms with Crippen molar-refractivity contribution in [2.75, 3.05) is 26.3 Å². The van der Waals surface area contributed by atoms with Crippen molar-refractivity contribution in [3.05, 3.63) is 52.0 Å². The molecule has 24 heavy (non-hydrogen) atoms. The van der Waals surface area contributed by atoms with E-state index in [4.69, 9.17) is 4.74 Å². The largest absolute Gasteiger partial charge is 0.381 e. The van der Waals surface area contributed by atoms with E-state index >= 15 is 0 Å². The van der Waals surface area contributed by atoms with Gasteiger partial charge < -0.3 is 4.74 Å². The average molecular weight is 345 g/mol. The number of aromatic nitrogens is 1. The zero-order valence-electron chi connectivity index (χ0n) is 14.8. The van der Waals surface area contributed by atoms with Crippen LogP contribution in [0.2, 0.25) is 0 Å². The maximum Gasteiger partial charge on any atom is 0.0535 e. The Kier molecular flexibility index (Phi) is 6.04. The predicted octanol–water partition coefficient (Wildman–Crippen LogP) is 4.31. The molecule has 0 saturated carbocycles. The Labute approximate surface area is 149 Å². The van der Waals surface area contributed by atoms with Gasteiger partial charge in [0.2, 0.25) is 0 Å². The number of aryl methyl sites for hydroxylation is 2. The van der Waals surface area contributed by atoms with Crippen LogP contribution in [0.1, 0.15) is 36.5 Å². The number of hydrogen-bond acceptors (Lipinski definition) is 4. The van der Waals surface area contributed by atoms with E-state index in [1.807, 2.05) is 29.8 Å². The number of ether oxygens (including phenoxy) is 1. The van der Waals surface area contributed by atoms with Crippen LogP contribution in [0.3, 0.4) is 0 Å². The lowest BCUT2D eigenvalue weighted by molar-refractivity contribution is 0.0489. The van der Waals surface area contributed by atoms with Crippen LogP contribution >= 0.6 is 11.3 Å². The number of rotatable bonds is 8. The molecule has 0 aromatic carbocycles. The quantitative estimate of drug-likeness (QED) is 0.713. The molecule has 1 atom stereocenters. The summed E-state index contributed by atoms with van der Waals surface area (Å²) >= 11 is 1.82. The number of nitrogens with zero attached hydrogens (tertiary/aromatic N) is 2. The molecule has 2 aromatic heterocycles. The molecule has 1 saturated heterocycles. The standard InChI is InChI=1S/C20H28N2OS/c1-3-23-16-20(7-6-19-14-24-13-17(19)2)8-10-22(15-20)12-18-5-4-9-21-11-18/h4-5,9,11,13-14H,3,6-8,10,12,15-16H2,1-2H3. The fourth-order valence-corrected chi connectivity index (χ4v) is 4.56. The fraction of sp³-hybridized carbons (Fsp3) is 0.550. The zero-order valence-corrected chi connectivity index (χ0v) is 15.6. The molecular weight excluding hydrogens is 316 g/mol. The molecule has 3 rings (SSSR count). The Morgan fingerprint density at radius 1 is 1.38 bits per heavy atom. The lowest BCUT2D eigenvalue weighted by Crippen LogP contribution is -2.32. The van der Waals surface area contributed by atoms with Crippen molar-refractivity contribution >= 4 is 11.3 Å². The van der Waals surface area contributed by atoms with E-state index in [0.29, 0.717) is 5.41 Å². The van der Waals surface area contributed by atoms with E-state index in [9.17, 15) is 0 Å². The molecule has 0 spiro atoms. The van der Waals surface area contributed by atoms with Crippen molar-refractivity contribution < 1.29 is 4.74 Å². The SMILES string of the molecule is CCOCC1(CCc2cscc2C)CCN(Cc2cccnc2)C1. The van der Waals surface area contributed by atoms with Crippen LogP contribution in [0.15, 0.2) is 35.3 Å². The summed E-state index contributed by atoms with van der Waals surface area (Å²) in [4.78, 5) is 6.81. The fourth-order valence-electron chi connectivity index (χ4n) is 3.67. The summed E-state index contributed by atoms with van der Waals surface area (Å²) < 4.78 is 5.88. The van der Waals surface area contributed by atoms with E-state index in [1.54, 1.807) is 0 Å². The Balaban J connectivity index is 1.62. The lowest BCUT2D eigenvalue weighted by atomic mass is 9.82. The Bertz CT molecular complexity index is 628. The molecule has 1 unspecified atom stereocenters. The van der Waals surface area contributed by atoms with Crippen molar-refractivity contribution in [1.82, 2.24) is 9.88 Å². The van der Waals surface area contributed by atoms with E-state index in [-0.39, 0.29) is 0 Å². The zero-order chi connectivity index (χ0) is 16.8. The lowest BCUT2D eigenvalue weighted by Gasteiger charge is -2.29. The Morgan fingerprint density at radius 2 is 2.29 bits per heavy atom. The van der Waals surface area contributed by atoms with Gasteiger partial charge >= 0.3 is 0 Å². The summed E-state index contributed by atoms with van der Waals surface area (Å²) in [6.07, 6.45) is 7.45. The number of thiophene rings is 1. The Hall–Kier alpha value is -1.23. The first-order chi connectivity index (χ1) is 11.7. The van der Waals surface area contributed by atoms with Gasteiger partial charge in [0.1, 0.15) is 0 Å². The summed E-state index contributed by atoms with van der Waals surface area (Å²) in [5, 5.41) is 4.57. The first kappa shape index (κ1) is 17.6. The average Bonchev–Trinajstić information content (AvgIpc) is 3.19. The maximum atomic E-state index is 5.88. The molecule has 1 fully saturated rings. The van der Waals surface area contributed by atoms with Crippen LogP contribution in [-0.2, 0) is 17.7 Å². The highest BCUT2D eigenvalue weighted by Crippen LogP contribution is 2.37. The van der Waals surface area contributed by atoms with Crippen molar-refractivity contribution in [1.29, 1.82) is 0 Å². The molecule has 0 bridgehead atoms. The summed E-state index contributed by atoms with van der Waals surface area (Å²) in [5.41, 5.74) is 4.56. The molecule has 4 heteroatoms. The van der Waals surface area contributed by atoms with Gasteiger partial charge in [-0.3, -0.25) is 9.88 Å². The third kappa shape index (κ3) is 4.44. The Morgan fingerprint density at radius 3 is 3.00 bits per heavy atom.